The first-order valence-electron chi connectivity index (χ1n) is 7.75. The van der Waals surface area contributed by atoms with Crippen molar-refractivity contribution in [3.05, 3.63) is 28.8 Å². The average molecular weight is 259 g/mol. The summed E-state index contributed by atoms with van der Waals surface area (Å²) >= 11 is 0. The Hall–Kier alpha value is -1.02. The van der Waals surface area contributed by atoms with Gasteiger partial charge in [-0.15, -0.1) is 0 Å². The molecule has 0 atom stereocenters. The van der Waals surface area contributed by atoms with E-state index in [-0.39, 0.29) is 0 Å². The highest BCUT2D eigenvalue weighted by Gasteiger charge is 2.22. The van der Waals surface area contributed by atoms with Crippen molar-refractivity contribution in [1.29, 1.82) is 0 Å². The van der Waals surface area contributed by atoms with Crippen molar-refractivity contribution in [3.63, 3.8) is 0 Å². The number of anilines is 1. The van der Waals surface area contributed by atoms with Gasteiger partial charge in [-0.05, 0) is 68.2 Å². The minimum Gasteiger partial charge on any atom is -0.381 e. The minimum absolute atomic E-state index is 0.719. The standard InChI is InChI=1S/C17H25NO/c1-3-18-8-4-5-15-12-16(13(2)11-17(15)18)14-6-9-19-10-7-14/h11-12,14H,3-10H2,1-2H3. The Labute approximate surface area is 116 Å². The first-order valence-corrected chi connectivity index (χ1v) is 7.75. The number of rotatable bonds is 2. The Bertz CT molecular complexity index is 449. The van der Waals surface area contributed by atoms with Gasteiger partial charge >= 0.3 is 0 Å². The summed E-state index contributed by atoms with van der Waals surface area (Å²) in [6.45, 7) is 8.76. The normalized spacial score (nSPS) is 20.4. The van der Waals surface area contributed by atoms with E-state index >= 15 is 0 Å². The Kier molecular flexibility index (Phi) is 3.79. The lowest BCUT2D eigenvalue weighted by atomic mass is 9.85. The molecule has 1 saturated heterocycles. The van der Waals surface area contributed by atoms with Crippen molar-refractivity contribution in [1.82, 2.24) is 0 Å². The third-order valence-corrected chi connectivity index (χ3v) is 4.72. The molecule has 104 valence electrons. The van der Waals surface area contributed by atoms with Gasteiger partial charge in [-0.1, -0.05) is 6.07 Å². The molecule has 2 aliphatic heterocycles. The van der Waals surface area contributed by atoms with Gasteiger partial charge in [-0.2, -0.15) is 0 Å². The molecule has 0 unspecified atom stereocenters. The molecule has 0 aromatic heterocycles. The second-order valence-corrected chi connectivity index (χ2v) is 5.91. The Morgan fingerprint density at radius 3 is 2.79 bits per heavy atom. The SMILES string of the molecule is CCN1CCCc2cc(C3CCOCC3)c(C)cc21. The maximum Gasteiger partial charge on any atom is 0.0471 e. The monoisotopic (exact) mass is 259 g/mol. The number of fused-ring (bicyclic) bond motifs is 1. The lowest BCUT2D eigenvalue weighted by Crippen LogP contribution is -2.29. The lowest BCUT2D eigenvalue weighted by Gasteiger charge is -2.33. The molecule has 1 aromatic rings. The van der Waals surface area contributed by atoms with Crippen LogP contribution in [0, 0.1) is 6.92 Å². The largest absolute Gasteiger partial charge is 0.381 e. The van der Waals surface area contributed by atoms with E-state index in [1.165, 1.54) is 43.5 Å². The summed E-state index contributed by atoms with van der Waals surface area (Å²) in [6, 6.07) is 4.94. The zero-order valence-corrected chi connectivity index (χ0v) is 12.2. The molecular weight excluding hydrogens is 234 g/mol. The maximum atomic E-state index is 5.50. The number of aryl methyl sites for hydroxylation is 2. The topological polar surface area (TPSA) is 12.5 Å². The second-order valence-electron chi connectivity index (χ2n) is 5.91. The zero-order chi connectivity index (χ0) is 13.2. The summed E-state index contributed by atoms with van der Waals surface area (Å²) in [5.74, 6) is 0.719. The average Bonchev–Trinajstić information content (AvgIpc) is 2.47. The molecule has 3 rings (SSSR count). The molecule has 0 spiro atoms. The molecule has 2 heteroatoms. The fourth-order valence-electron chi connectivity index (χ4n) is 3.61. The van der Waals surface area contributed by atoms with Crippen LogP contribution in [0.25, 0.3) is 0 Å². The molecule has 1 fully saturated rings. The van der Waals surface area contributed by atoms with Crippen LogP contribution in [0.5, 0.6) is 0 Å². The van der Waals surface area contributed by atoms with Gasteiger partial charge in [-0.25, -0.2) is 0 Å². The first-order chi connectivity index (χ1) is 9.29. The number of hydrogen-bond donors (Lipinski definition) is 0. The van der Waals surface area contributed by atoms with E-state index in [1.54, 1.807) is 11.1 Å². The predicted molar refractivity (Wildman–Crippen MR) is 80.2 cm³/mol. The van der Waals surface area contributed by atoms with Crippen molar-refractivity contribution in [2.24, 2.45) is 0 Å². The fourth-order valence-corrected chi connectivity index (χ4v) is 3.61. The van der Waals surface area contributed by atoms with Crippen molar-refractivity contribution in [2.45, 2.75) is 45.4 Å². The van der Waals surface area contributed by atoms with Crippen LogP contribution in [0.4, 0.5) is 5.69 Å². The smallest absolute Gasteiger partial charge is 0.0471 e. The Morgan fingerprint density at radius 2 is 2.05 bits per heavy atom. The molecule has 2 aliphatic rings. The second kappa shape index (κ2) is 5.54. The van der Waals surface area contributed by atoms with Gasteiger partial charge in [0.1, 0.15) is 0 Å². The molecular formula is C17H25NO. The predicted octanol–water partition coefficient (Wildman–Crippen LogP) is 3.66. The van der Waals surface area contributed by atoms with Crippen LogP contribution >= 0.6 is 0 Å². The van der Waals surface area contributed by atoms with E-state index < -0.39 is 0 Å². The van der Waals surface area contributed by atoms with Crippen molar-refractivity contribution >= 4 is 5.69 Å². The highest BCUT2D eigenvalue weighted by Crippen LogP contribution is 2.35. The number of benzene rings is 1. The maximum absolute atomic E-state index is 5.50. The van der Waals surface area contributed by atoms with Crippen LogP contribution < -0.4 is 4.90 Å². The number of hydrogen-bond acceptors (Lipinski definition) is 2. The van der Waals surface area contributed by atoms with Gasteiger partial charge in [0.25, 0.3) is 0 Å². The van der Waals surface area contributed by atoms with E-state index in [1.807, 2.05) is 0 Å². The molecule has 2 heterocycles. The summed E-state index contributed by atoms with van der Waals surface area (Å²) in [4.78, 5) is 2.53. The summed E-state index contributed by atoms with van der Waals surface area (Å²) in [5.41, 5.74) is 6.12. The number of ether oxygens (including phenoxy) is 1. The van der Waals surface area contributed by atoms with Crippen LogP contribution in [0.2, 0.25) is 0 Å². The van der Waals surface area contributed by atoms with E-state index in [4.69, 9.17) is 4.74 Å². The van der Waals surface area contributed by atoms with Gasteiger partial charge in [0.2, 0.25) is 0 Å². The van der Waals surface area contributed by atoms with Crippen molar-refractivity contribution in [3.8, 4) is 0 Å². The molecule has 0 N–H and O–H groups in total. The van der Waals surface area contributed by atoms with Crippen LogP contribution in [0.15, 0.2) is 12.1 Å². The molecule has 1 aromatic carbocycles. The van der Waals surface area contributed by atoms with Gasteiger partial charge < -0.3 is 9.64 Å². The van der Waals surface area contributed by atoms with Gasteiger partial charge in [-0.3, -0.25) is 0 Å². The third kappa shape index (κ3) is 2.51. The highest BCUT2D eigenvalue weighted by atomic mass is 16.5. The van der Waals surface area contributed by atoms with Crippen LogP contribution in [-0.2, 0) is 11.2 Å². The van der Waals surface area contributed by atoms with E-state index in [0.29, 0.717) is 0 Å². The quantitative estimate of drug-likeness (QED) is 0.803. The Morgan fingerprint density at radius 1 is 1.26 bits per heavy atom. The number of nitrogens with zero attached hydrogens (tertiary/aromatic N) is 1. The summed E-state index contributed by atoms with van der Waals surface area (Å²) in [6.07, 6.45) is 4.94. The van der Waals surface area contributed by atoms with E-state index in [2.05, 4.69) is 30.9 Å². The lowest BCUT2D eigenvalue weighted by molar-refractivity contribution is 0.0852. The van der Waals surface area contributed by atoms with Gasteiger partial charge in [0.05, 0.1) is 0 Å². The van der Waals surface area contributed by atoms with Crippen LogP contribution in [0.1, 0.15) is 48.8 Å². The third-order valence-electron chi connectivity index (χ3n) is 4.72. The van der Waals surface area contributed by atoms with Gasteiger partial charge in [0, 0.05) is 32.0 Å². The zero-order valence-electron chi connectivity index (χ0n) is 12.2. The highest BCUT2D eigenvalue weighted by molar-refractivity contribution is 5.59. The Balaban J connectivity index is 1.94. The molecule has 19 heavy (non-hydrogen) atoms. The summed E-state index contributed by atoms with van der Waals surface area (Å²) in [5, 5.41) is 0. The summed E-state index contributed by atoms with van der Waals surface area (Å²) < 4.78 is 5.50. The van der Waals surface area contributed by atoms with Crippen molar-refractivity contribution < 1.29 is 4.74 Å². The van der Waals surface area contributed by atoms with Gasteiger partial charge in [0.15, 0.2) is 0 Å². The van der Waals surface area contributed by atoms with Crippen LogP contribution in [-0.4, -0.2) is 26.3 Å². The van der Waals surface area contributed by atoms with Crippen molar-refractivity contribution in [2.75, 3.05) is 31.2 Å². The molecule has 0 bridgehead atoms. The van der Waals surface area contributed by atoms with E-state index in [0.717, 1.165) is 25.7 Å². The minimum atomic E-state index is 0.719. The molecule has 0 radical (unpaired) electrons. The summed E-state index contributed by atoms with van der Waals surface area (Å²) in [7, 11) is 0. The molecule has 0 amide bonds. The molecule has 0 aliphatic carbocycles. The first kappa shape index (κ1) is 13.0. The van der Waals surface area contributed by atoms with Crippen LogP contribution in [0.3, 0.4) is 0 Å². The molecule has 0 saturated carbocycles. The van der Waals surface area contributed by atoms with E-state index in [9.17, 15) is 0 Å². The molecule has 2 nitrogen and oxygen atoms in total. The fraction of sp³-hybridized carbons (Fsp3) is 0.647.